The molecule has 0 unspecified atom stereocenters. The minimum absolute atomic E-state index is 0.595. The molecular weight excluding hydrogens is 186 g/mol. The fourth-order valence-corrected chi connectivity index (χ4v) is 1.67. The first kappa shape index (κ1) is 8.53. The minimum atomic E-state index is 0.595. The van der Waals surface area contributed by atoms with Crippen LogP contribution in [-0.4, -0.2) is 15.9 Å². The normalized spacial score (nSPS) is 10.9. The van der Waals surface area contributed by atoms with Crippen molar-refractivity contribution in [2.24, 2.45) is 5.73 Å². The summed E-state index contributed by atoms with van der Waals surface area (Å²) in [5, 5.41) is 0.725. The Bertz CT molecular complexity index is 422. The molecule has 0 spiro atoms. The standard InChI is InChI=1S/C9H10ClN3/c10-7-2-1-5-13-6-12-8(3-4-11)9(7)13/h1-2,5-6H,3-4,11H2. The van der Waals surface area contributed by atoms with E-state index in [1.54, 1.807) is 6.33 Å². The zero-order valence-electron chi connectivity index (χ0n) is 7.07. The van der Waals surface area contributed by atoms with Crippen LogP contribution in [0.5, 0.6) is 0 Å². The largest absolute Gasteiger partial charge is 0.330 e. The second-order valence-corrected chi connectivity index (χ2v) is 3.25. The fourth-order valence-electron chi connectivity index (χ4n) is 1.39. The Morgan fingerprint density at radius 1 is 1.54 bits per heavy atom. The molecule has 2 rings (SSSR count). The van der Waals surface area contributed by atoms with E-state index in [2.05, 4.69) is 4.98 Å². The molecule has 2 heterocycles. The zero-order chi connectivity index (χ0) is 9.26. The third-order valence-electron chi connectivity index (χ3n) is 1.97. The van der Waals surface area contributed by atoms with Crippen LogP contribution < -0.4 is 5.73 Å². The van der Waals surface area contributed by atoms with Crippen molar-refractivity contribution in [1.29, 1.82) is 0 Å². The number of hydrogen-bond donors (Lipinski definition) is 1. The molecule has 2 aromatic heterocycles. The molecule has 3 nitrogen and oxygen atoms in total. The number of rotatable bonds is 2. The van der Waals surface area contributed by atoms with E-state index in [4.69, 9.17) is 17.3 Å². The van der Waals surface area contributed by atoms with Crippen LogP contribution in [0.1, 0.15) is 5.69 Å². The van der Waals surface area contributed by atoms with Crippen LogP contribution in [-0.2, 0) is 6.42 Å². The molecule has 0 bridgehead atoms. The topological polar surface area (TPSA) is 43.3 Å². The van der Waals surface area contributed by atoms with E-state index in [0.717, 1.165) is 22.7 Å². The first-order valence-electron chi connectivity index (χ1n) is 4.13. The summed E-state index contributed by atoms with van der Waals surface area (Å²) in [5.41, 5.74) is 7.40. The number of halogens is 1. The number of nitrogens with two attached hydrogens (primary N) is 1. The second kappa shape index (κ2) is 3.36. The highest BCUT2D eigenvalue weighted by molar-refractivity contribution is 6.33. The molecule has 0 saturated heterocycles. The average molecular weight is 196 g/mol. The van der Waals surface area contributed by atoms with Crippen LogP contribution in [0.2, 0.25) is 5.02 Å². The van der Waals surface area contributed by atoms with Crippen molar-refractivity contribution < 1.29 is 0 Å². The van der Waals surface area contributed by atoms with Gasteiger partial charge < -0.3 is 10.1 Å². The van der Waals surface area contributed by atoms with Crippen LogP contribution >= 0.6 is 11.6 Å². The lowest BCUT2D eigenvalue weighted by molar-refractivity contribution is 0.943. The molecule has 68 valence electrons. The van der Waals surface area contributed by atoms with E-state index in [1.165, 1.54) is 0 Å². The van der Waals surface area contributed by atoms with E-state index in [0.29, 0.717) is 6.54 Å². The van der Waals surface area contributed by atoms with Crippen LogP contribution in [0.4, 0.5) is 0 Å². The summed E-state index contributed by atoms with van der Waals surface area (Å²) in [4.78, 5) is 4.24. The summed E-state index contributed by atoms with van der Waals surface area (Å²) >= 11 is 6.04. The molecule has 0 amide bonds. The third-order valence-corrected chi connectivity index (χ3v) is 2.27. The molecule has 0 radical (unpaired) electrons. The first-order chi connectivity index (χ1) is 6.33. The molecular formula is C9H10ClN3. The van der Waals surface area contributed by atoms with Gasteiger partial charge in [-0.25, -0.2) is 4.98 Å². The zero-order valence-corrected chi connectivity index (χ0v) is 7.83. The molecule has 0 fully saturated rings. The number of hydrogen-bond acceptors (Lipinski definition) is 2. The lowest BCUT2D eigenvalue weighted by Crippen LogP contribution is -2.03. The molecule has 0 aliphatic rings. The summed E-state index contributed by atoms with van der Waals surface area (Å²) < 4.78 is 1.91. The molecule has 4 heteroatoms. The molecule has 13 heavy (non-hydrogen) atoms. The van der Waals surface area contributed by atoms with Gasteiger partial charge in [-0.3, -0.25) is 0 Å². The van der Waals surface area contributed by atoms with Gasteiger partial charge in [-0.05, 0) is 18.7 Å². The van der Waals surface area contributed by atoms with Crippen LogP contribution in [0.15, 0.2) is 24.7 Å². The predicted octanol–water partition coefficient (Wildman–Crippen LogP) is 1.49. The van der Waals surface area contributed by atoms with Gasteiger partial charge in [0.15, 0.2) is 0 Å². The van der Waals surface area contributed by atoms with E-state index >= 15 is 0 Å². The van der Waals surface area contributed by atoms with Gasteiger partial charge in [0.1, 0.15) is 0 Å². The Kier molecular flexibility index (Phi) is 2.20. The summed E-state index contributed by atoms with van der Waals surface area (Å²) in [6.07, 6.45) is 4.45. The number of nitrogens with zero attached hydrogens (tertiary/aromatic N) is 2. The van der Waals surface area contributed by atoms with Gasteiger partial charge in [-0.1, -0.05) is 11.6 Å². The van der Waals surface area contributed by atoms with Crippen molar-refractivity contribution in [2.75, 3.05) is 6.54 Å². The Morgan fingerprint density at radius 3 is 3.15 bits per heavy atom. The molecule has 2 aromatic rings. The first-order valence-corrected chi connectivity index (χ1v) is 4.51. The Balaban J connectivity index is 2.64. The second-order valence-electron chi connectivity index (χ2n) is 2.84. The maximum absolute atomic E-state index is 6.04. The van der Waals surface area contributed by atoms with Gasteiger partial charge in [0.05, 0.1) is 22.6 Å². The van der Waals surface area contributed by atoms with Crippen molar-refractivity contribution in [3.8, 4) is 0 Å². The molecule has 0 atom stereocenters. The summed E-state index contributed by atoms with van der Waals surface area (Å²) in [6, 6.07) is 3.75. The van der Waals surface area contributed by atoms with Crippen molar-refractivity contribution >= 4 is 17.1 Å². The third kappa shape index (κ3) is 1.41. The maximum Gasteiger partial charge on any atom is 0.0995 e. The summed E-state index contributed by atoms with van der Waals surface area (Å²) in [5.74, 6) is 0. The molecule has 0 aliphatic heterocycles. The van der Waals surface area contributed by atoms with E-state index in [-0.39, 0.29) is 0 Å². The number of pyridine rings is 1. The highest BCUT2D eigenvalue weighted by Crippen LogP contribution is 2.19. The van der Waals surface area contributed by atoms with Crippen LogP contribution in [0.3, 0.4) is 0 Å². The van der Waals surface area contributed by atoms with Crippen molar-refractivity contribution in [3.63, 3.8) is 0 Å². The van der Waals surface area contributed by atoms with Gasteiger partial charge >= 0.3 is 0 Å². The number of aromatic nitrogens is 2. The quantitative estimate of drug-likeness (QED) is 0.789. The minimum Gasteiger partial charge on any atom is -0.330 e. The lowest BCUT2D eigenvalue weighted by Gasteiger charge is -1.98. The van der Waals surface area contributed by atoms with E-state index < -0.39 is 0 Å². The van der Waals surface area contributed by atoms with Gasteiger partial charge in [0.25, 0.3) is 0 Å². The fraction of sp³-hybridized carbons (Fsp3) is 0.222. The highest BCUT2D eigenvalue weighted by atomic mass is 35.5. The predicted molar refractivity (Wildman–Crippen MR) is 53.0 cm³/mol. The molecule has 2 N–H and O–H groups in total. The highest BCUT2D eigenvalue weighted by Gasteiger charge is 2.05. The maximum atomic E-state index is 6.04. The Hall–Kier alpha value is -1.06. The SMILES string of the molecule is NCCc1ncn2cccc(Cl)c12. The summed E-state index contributed by atoms with van der Waals surface area (Å²) in [7, 11) is 0. The smallest absolute Gasteiger partial charge is 0.0995 e. The van der Waals surface area contributed by atoms with E-state index in [1.807, 2.05) is 22.7 Å². The van der Waals surface area contributed by atoms with Gasteiger partial charge in [-0.15, -0.1) is 0 Å². The van der Waals surface area contributed by atoms with Crippen molar-refractivity contribution in [3.05, 3.63) is 35.4 Å². The average Bonchev–Trinajstić information content (AvgIpc) is 2.51. The Morgan fingerprint density at radius 2 is 2.38 bits per heavy atom. The van der Waals surface area contributed by atoms with Crippen molar-refractivity contribution in [2.45, 2.75) is 6.42 Å². The molecule has 0 saturated carbocycles. The molecule has 0 aliphatic carbocycles. The van der Waals surface area contributed by atoms with E-state index in [9.17, 15) is 0 Å². The van der Waals surface area contributed by atoms with Crippen LogP contribution in [0.25, 0.3) is 5.52 Å². The monoisotopic (exact) mass is 195 g/mol. The number of imidazole rings is 1. The van der Waals surface area contributed by atoms with Crippen molar-refractivity contribution in [1.82, 2.24) is 9.38 Å². The van der Waals surface area contributed by atoms with Gasteiger partial charge in [-0.2, -0.15) is 0 Å². The van der Waals surface area contributed by atoms with Crippen LogP contribution in [0, 0.1) is 0 Å². The van der Waals surface area contributed by atoms with Gasteiger partial charge in [0, 0.05) is 12.6 Å². The molecule has 0 aromatic carbocycles. The number of fused-ring (bicyclic) bond motifs is 1. The van der Waals surface area contributed by atoms with Gasteiger partial charge in [0.2, 0.25) is 0 Å². The lowest BCUT2D eigenvalue weighted by atomic mass is 10.2. The summed E-state index contributed by atoms with van der Waals surface area (Å²) in [6.45, 7) is 0.595. The Labute approximate surface area is 81.1 Å².